The zero-order valence-corrected chi connectivity index (χ0v) is 16.9. The maximum atomic E-state index is 6.03. The summed E-state index contributed by atoms with van der Waals surface area (Å²) in [6, 6.07) is 11.4. The predicted octanol–water partition coefficient (Wildman–Crippen LogP) is 3.39. The van der Waals surface area contributed by atoms with Crippen molar-refractivity contribution in [1.29, 1.82) is 0 Å². The lowest BCUT2D eigenvalue weighted by molar-refractivity contribution is 0.267. The van der Waals surface area contributed by atoms with Crippen LogP contribution in [0.2, 0.25) is 5.02 Å². The summed E-state index contributed by atoms with van der Waals surface area (Å²) in [5, 5.41) is 11.5. The Labute approximate surface area is 169 Å². The van der Waals surface area contributed by atoms with E-state index in [2.05, 4.69) is 36.9 Å². The second kappa shape index (κ2) is 8.92. The highest BCUT2D eigenvalue weighted by molar-refractivity contribution is 9.10. The molecule has 27 heavy (non-hydrogen) atoms. The van der Waals surface area contributed by atoms with Crippen LogP contribution in [0.4, 0.5) is 5.95 Å². The van der Waals surface area contributed by atoms with Crippen LogP contribution in [0.25, 0.3) is 0 Å². The van der Waals surface area contributed by atoms with E-state index in [1.54, 1.807) is 0 Å². The molecule has 3 N–H and O–H groups in total. The lowest BCUT2D eigenvalue weighted by Crippen LogP contribution is -2.18. The quantitative estimate of drug-likeness (QED) is 0.539. The number of halogens is 2. The summed E-state index contributed by atoms with van der Waals surface area (Å²) >= 11 is 9.59. The third kappa shape index (κ3) is 5.01. The maximum absolute atomic E-state index is 6.03. The summed E-state index contributed by atoms with van der Waals surface area (Å²) in [6.07, 6.45) is 0. The largest absolute Gasteiger partial charge is 0.490 e. The van der Waals surface area contributed by atoms with Crippen LogP contribution in [-0.2, 0) is 13.2 Å². The van der Waals surface area contributed by atoms with E-state index in [4.69, 9.17) is 26.8 Å². The van der Waals surface area contributed by atoms with E-state index in [0.717, 1.165) is 15.6 Å². The molecule has 0 unspecified atom stereocenters. The van der Waals surface area contributed by atoms with Gasteiger partial charge in [-0.15, -0.1) is 4.79 Å². The lowest BCUT2D eigenvalue weighted by atomic mass is 10.2. The van der Waals surface area contributed by atoms with Gasteiger partial charge in [-0.3, -0.25) is 0 Å². The Kier molecular flexibility index (Phi) is 6.36. The summed E-state index contributed by atoms with van der Waals surface area (Å²) in [7, 11) is 0. The zero-order chi connectivity index (χ0) is 19.2. The van der Waals surface area contributed by atoms with Crippen LogP contribution < -0.4 is 20.6 Å². The molecule has 10 heteroatoms. The molecule has 142 valence electrons. The average Bonchev–Trinajstić information content (AvgIpc) is 3.04. The summed E-state index contributed by atoms with van der Waals surface area (Å²) in [5.74, 6) is 1.44. The molecule has 0 fully saturated rings. The van der Waals surface area contributed by atoms with Gasteiger partial charge in [0.1, 0.15) is 6.61 Å². The number of tetrazole rings is 1. The van der Waals surface area contributed by atoms with Crippen molar-refractivity contribution < 1.29 is 9.47 Å². The molecular formula is C17H18BrClN6O2. The van der Waals surface area contributed by atoms with Gasteiger partial charge in [0, 0.05) is 5.02 Å². The first kappa shape index (κ1) is 19.2. The Morgan fingerprint density at radius 3 is 2.78 bits per heavy atom. The first-order valence-corrected chi connectivity index (χ1v) is 9.34. The van der Waals surface area contributed by atoms with Gasteiger partial charge >= 0.3 is 0 Å². The van der Waals surface area contributed by atoms with E-state index in [1.165, 1.54) is 4.79 Å². The third-order valence-corrected chi connectivity index (χ3v) is 4.39. The SMILES string of the molecule is CCOc1cc(CNn2nnnc2N)cc(Br)c1OCc1cccc(Cl)c1. The fourth-order valence-electron chi connectivity index (χ4n) is 2.38. The fraction of sp³-hybridized carbons (Fsp3) is 0.235. The van der Waals surface area contributed by atoms with Crippen molar-refractivity contribution in [1.82, 2.24) is 20.3 Å². The van der Waals surface area contributed by atoms with E-state index < -0.39 is 0 Å². The minimum Gasteiger partial charge on any atom is -0.490 e. The lowest BCUT2D eigenvalue weighted by Gasteiger charge is -2.16. The van der Waals surface area contributed by atoms with Gasteiger partial charge in [0.15, 0.2) is 11.5 Å². The Morgan fingerprint density at radius 1 is 1.22 bits per heavy atom. The van der Waals surface area contributed by atoms with Crippen LogP contribution in [0.3, 0.4) is 0 Å². The van der Waals surface area contributed by atoms with Crippen molar-refractivity contribution in [3.05, 3.63) is 57.0 Å². The Balaban J connectivity index is 1.76. The van der Waals surface area contributed by atoms with Crippen LogP contribution in [0.1, 0.15) is 18.1 Å². The molecule has 0 saturated carbocycles. The molecule has 0 amide bonds. The van der Waals surface area contributed by atoms with Gasteiger partial charge in [0.05, 0.1) is 17.6 Å². The Hall–Kier alpha value is -2.52. The number of rotatable bonds is 8. The highest BCUT2D eigenvalue weighted by Gasteiger charge is 2.13. The molecule has 1 aromatic heterocycles. The van der Waals surface area contributed by atoms with E-state index in [1.807, 2.05) is 43.3 Å². The summed E-state index contributed by atoms with van der Waals surface area (Å²) in [5.41, 5.74) is 10.6. The number of anilines is 1. The molecule has 0 saturated heterocycles. The van der Waals surface area contributed by atoms with Crippen LogP contribution >= 0.6 is 27.5 Å². The van der Waals surface area contributed by atoms with Crippen LogP contribution in [0.15, 0.2) is 40.9 Å². The van der Waals surface area contributed by atoms with Gasteiger partial charge in [-0.2, -0.15) is 0 Å². The standard InChI is InChI=1S/C17H18BrClN6O2/c1-2-26-15-8-12(9-21-25-17(20)22-23-24-25)7-14(18)16(15)27-10-11-4-3-5-13(19)6-11/h3-8,21H,2,9-10H2,1H3,(H2,20,22,24). The molecule has 2 aromatic carbocycles. The van der Waals surface area contributed by atoms with Gasteiger partial charge in [-0.05, 0) is 68.7 Å². The molecule has 0 radical (unpaired) electrons. The molecule has 0 bridgehead atoms. The molecule has 0 atom stereocenters. The Bertz CT molecular complexity index is 920. The molecule has 8 nitrogen and oxygen atoms in total. The minimum atomic E-state index is 0.181. The maximum Gasteiger partial charge on any atom is 0.260 e. The number of nitrogen functional groups attached to an aromatic ring is 1. The number of nitrogens with two attached hydrogens (primary N) is 1. The third-order valence-electron chi connectivity index (χ3n) is 3.57. The van der Waals surface area contributed by atoms with Crippen molar-refractivity contribution in [2.24, 2.45) is 0 Å². The average molecular weight is 454 g/mol. The van der Waals surface area contributed by atoms with E-state index in [-0.39, 0.29) is 5.95 Å². The molecule has 0 aliphatic carbocycles. The number of hydrogen-bond donors (Lipinski definition) is 2. The molecule has 1 heterocycles. The summed E-state index contributed by atoms with van der Waals surface area (Å²) < 4.78 is 12.5. The fourth-order valence-corrected chi connectivity index (χ4v) is 3.20. The van der Waals surface area contributed by atoms with Gasteiger partial charge in [0.2, 0.25) is 0 Å². The number of ether oxygens (including phenoxy) is 2. The normalized spacial score (nSPS) is 10.6. The van der Waals surface area contributed by atoms with Gasteiger partial charge < -0.3 is 20.6 Å². The number of nitrogens with zero attached hydrogens (tertiary/aromatic N) is 4. The van der Waals surface area contributed by atoms with Gasteiger partial charge in [-0.1, -0.05) is 28.8 Å². The second-order valence-corrected chi connectivity index (χ2v) is 6.83. The van der Waals surface area contributed by atoms with Gasteiger partial charge in [-0.25, -0.2) is 0 Å². The first-order valence-electron chi connectivity index (χ1n) is 8.17. The smallest absolute Gasteiger partial charge is 0.260 e. The monoisotopic (exact) mass is 452 g/mol. The topological polar surface area (TPSA) is 100 Å². The predicted molar refractivity (Wildman–Crippen MR) is 106 cm³/mol. The van der Waals surface area contributed by atoms with Crippen molar-refractivity contribution in [3.63, 3.8) is 0 Å². The van der Waals surface area contributed by atoms with Crippen molar-refractivity contribution in [2.45, 2.75) is 20.1 Å². The minimum absolute atomic E-state index is 0.181. The zero-order valence-electron chi connectivity index (χ0n) is 14.5. The highest BCUT2D eigenvalue weighted by atomic mass is 79.9. The number of benzene rings is 2. The van der Waals surface area contributed by atoms with Crippen molar-refractivity contribution >= 4 is 33.5 Å². The van der Waals surface area contributed by atoms with E-state index in [0.29, 0.717) is 36.3 Å². The highest BCUT2D eigenvalue weighted by Crippen LogP contribution is 2.37. The molecule has 3 aromatic rings. The number of nitrogens with one attached hydrogen (secondary N) is 1. The van der Waals surface area contributed by atoms with Gasteiger partial charge in [0.25, 0.3) is 5.95 Å². The van der Waals surface area contributed by atoms with Crippen LogP contribution in [0.5, 0.6) is 11.5 Å². The van der Waals surface area contributed by atoms with E-state index in [9.17, 15) is 0 Å². The first-order chi connectivity index (χ1) is 13.1. The van der Waals surface area contributed by atoms with Crippen LogP contribution in [-0.4, -0.2) is 26.9 Å². The summed E-state index contributed by atoms with van der Waals surface area (Å²) in [4.78, 5) is 1.30. The van der Waals surface area contributed by atoms with Crippen molar-refractivity contribution in [2.75, 3.05) is 17.8 Å². The van der Waals surface area contributed by atoms with Crippen molar-refractivity contribution in [3.8, 4) is 11.5 Å². The Morgan fingerprint density at radius 2 is 2.07 bits per heavy atom. The number of hydrogen-bond acceptors (Lipinski definition) is 7. The molecule has 0 aliphatic heterocycles. The molecule has 0 aliphatic rings. The van der Waals surface area contributed by atoms with E-state index >= 15 is 0 Å². The molecular weight excluding hydrogens is 436 g/mol. The molecule has 0 spiro atoms. The second-order valence-electron chi connectivity index (χ2n) is 5.54. The summed E-state index contributed by atoms with van der Waals surface area (Å²) in [6.45, 7) is 3.25. The molecule has 3 rings (SSSR count). The number of aromatic nitrogens is 4. The van der Waals surface area contributed by atoms with Crippen LogP contribution in [0, 0.1) is 0 Å².